The fraction of sp³-hybridized carbons (Fsp3) is 0. The Morgan fingerprint density at radius 3 is 1.54 bits per heavy atom. The number of anilines is 4. The summed E-state index contributed by atoms with van der Waals surface area (Å²) < 4.78 is 0. The van der Waals surface area contributed by atoms with Crippen LogP contribution in [0.4, 0.5) is 22.7 Å². The molecule has 0 saturated heterocycles. The number of allylic oxidation sites excluding steroid dienone is 4. The third kappa shape index (κ3) is 6.53. The van der Waals surface area contributed by atoms with Gasteiger partial charge < -0.3 is 10.2 Å². The SMILES string of the molecule is C(/C=C\c1ccc(-c2ccccc2)cc1)=C/C=C/Nc1ccc2ccc3c(N(c4ccccc4)c4ccc(-c5ccccc5)cc4)ccc4ccc1c2c43. The van der Waals surface area contributed by atoms with Gasteiger partial charge >= 0.3 is 0 Å². The van der Waals surface area contributed by atoms with Crippen molar-refractivity contribution in [2.24, 2.45) is 0 Å². The lowest BCUT2D eigenvalue weighted by Crippen LogP contribution is -2.10. The van der Waals surface area contributed by atoms with E-state index in [-0.39, 0.29) is 0 Å². The normalized spacial score (nSPS) is 11.9. The summed E-state index contributed by atoms with van der Waals surface area (Å²) in [6.07, 6.45) is 12.4. The van der Waals surface area contributed by atoms with Crippen LogP contribution in [0.25, 0.3) is 60.6 Å². The van der Waals surface area contributed by atoms with Gasteiger partial charge in [0.15, 0.2) is 0 Å². The monoisotopic (exact) mass is 690 g/mol. The van der Waals surface area contributed by atoms with Crippen LogP contribution in [0.5, 0.6) is 0 Å². The van der Waals surface area contributed by atoms with E-state index in [1.54, 1.807) is 0 Å². The van der Waals surface area contributed by atoms with Crippen molar-refractivity contribution in [3.05, 3.63) is 224 Å². The smallest absolute Gasteiger partial charge is 0.0540 e. The molecule has 9 aromatic carbocycles. The van der Waals surface area contributed by atoms with Crippen LogP contribution in [0.15, 0.2) is 219 Å². The second-order valence-corrected chi connectivity index (χ2v) is 13.4. The first-order chi connectivity index (χ1) is 26.8. The summed E-state index contributed by atoms with van der Waals surface area (Å²) in [4.78, 5) is 2.38. The molecule has 0 aliphatic heterocycles. The molecular weight excluding hydrogens is 653 g/mol. The van der Waals surface area contributed by atoms with E-state index in [1.807, 2.05) is 18.3 Å². The molecule has 9 rings (SSSR count). The molecule has 54 heavy (non-hydrogen) atoms. The Balaban J connectivity index is 0.998. The molecule has 0 fully saturated rings. The van der Waals surface area contributed by atoms with Crippen molar-refractivity contribution in [1.29, 1.82) is 0 Å². The van der Waals surface area contributed by atoms with Crippen molar-refractivity contribution >= 4 is 61.1 Å². The summed E-state index contributed by atoms with van der Waals surface area (Å²) in [6.45, 7) is 0. The highest BCUT2D eigenvalue weighted by molar-refractivity contribution is 6.27. The molecule has 2 nitrogen and oxygen atoms in total. The molecule has 0 unspecified atom stereocenters. The van der Waals surface area contributed by atoms with E-state index >= 15 is 0 Å². The lowest BCUT2D eigenvalue weighted by Gasteiger charge is -2.28. The fourth-order valence-corrected chi connectivity index (χ4v) is 7.45. The Morgan fingerprint density at radius 2 is 0.870 bits per heavy atom. The molecule has 0 aliphatic carbocycles. The Hall–Kier alpha value is -7.16. The van der Waals surface area contributed by atoms with E-state index in [9.17, 15) is 0 Å². The molecule has 0 aromatic heterocycles. The van der Waals surface area contributed by atoms with Crippen LogP contribution in [0, 0.1) is 0 Å². The van der Waals surface area contributed by atoms with Gasteiger partial charge in [-0.1, -0.05) is 176 Å². The van der Waals surface area contributed by atoms with Crippen LogP contribution >= 0.6 is 0 Å². The van der Waals surface area contributed by atoms with Gasteiger partial charge in [-0.25, -0.2) is 0 Å². The summed E-state index contributed by atoms with van der Waals surface area (Å²) in [5.74, 6) is 0. The second-order valence-electron chi connectivity index (χ2n) is 13.4. The van der Waals surface area contributed by atoms with Gasteiger partial charge in [0.25, 0.3) is 0 Å². The summed E-state index contributed by atoms with van der Waals surface area (Å²) in [6, 6.07) is 67.2. The highest BCUT2D eigenvalue weighted by Crippen LogP contribution is 2.45. The zero-order valence-electron chi connectivity index (χ0n) is 29.8. The standard InChI is InChI=1S/C52H38N2/c1(6-14-38-21-23-41(24-22-38)39-15-7-3-8-16-39)2-13-37-53-49-35-29-43-28-34-48-50(36-30-44-27-33-47(49)51(43)52(44)48)54(45-19-11-5-12-20-45)46-31-25-42(26-32-46)40-17-9-4-10-18-40/h1-37,53H/b2-1-,14-6-,37-13+. The van der Waals surface area contributed by atoms with Gasteiger partial charge in [-0.15, -0.1) is 0 Å². The van der Waals surface area contributed by atoms with Gasteiger partial charge in [0.1, 0.15) is 0 Å². The summed E-state index contributed by atoms with van der Waals surface area (Å²) in [5.41, 5.74) is 10.5. The van der Waals surface area contributed by atoms with Gasteiger partial charge in [-0.3, -0.25) is 0 Å². The second kappa shape index (κ2) is 14.8. The lowest BCUT2D eigenvalue weighted by molar-refractivity contribution is 1.30. The summed E-state index contributed by atoms with van der Waals surface area (Å²) >= 11 is 0. The molecule has 0 atom stereocenters. The number of hydrogen-bond donors (Lipinski definition) is 1. The fourth-order valence-electron chi connectivity index (χ4n) is 7.45. The highest BCUT2D eigenvalue weighted by atomic mass is 15.1. The number of benzene rings is 9. The summed E-state index contributed by atoms with van der Waals surface area (Å²) in [7, 11) is 0. The first-order valence-corrected chi connectivity index (χ1v) is 18.4. The maximum atomic E-state index is 3.57. The van der Waals surface area contributed by atoms with Crippen LogP contribution < -0.4 is 10.2 Å². The molecule has 0 bridgehead atoms. The Kier molecular flexibility index (Phi) is 8.99. The molecular formula is C52H38N2. The van der Waals surface area contributed by atoms with E-state index in [4.69, 9.17) is 0 Å². The van der Waals surface area contributed by atoms with Gasteiger partial charge in [0.05, 0.1) is 5.69 Å². The third-order valence-corrected chi connectivity index (χ3v) is 10.1. The van der Waals surface area contributed by atoms with Crippen molar-refractivity contribution in [3.8, 4) is 22.3 Å². The Bertz CT molecular complexity index is 2750. The molecule has 0 spiro atoms. The maximum Gasteiger partial charge on any atom is 0.0540 e. The van der Waals surface area contributed by atoms with Gasteiger partial charge in [-0.2, -0.15) is 0 Å². The molecule has 0 saturated carbocycles. The molecule has 256 valence electrons. The summed E-state index contributed by atoms with van der Waals surface area (Å²) in [5, 5.41) is 11.0. The van der Waals surface area contributed by atoms with Crippen LogP contribution in [0.1, 0.15) is 5.56 Å². The van der Waals surface area contributed by atoms with Crippen LogP contribution in [0.2, 0.25) is 0 Å². The zero-order chi connectivity index (χ0) is 36.1. The molecule has 2 heteroatoms. The van der Waals surface area contributed by atoms with Crippen molar-refractivity contribution in [2.45, 2.75) is 0 Å². The molecule has 9 aromatic rings. The van der Waals surface area contributed by atoms with Crippen molar-refractivity contribution < 1.29 is 0 Å². The molecule has 1 N–H and O–H groups in total. The predicted octanol–water partition coefficient (Wildman–Crippen LogP) is 14.6. The molecule has 0 radical (unpaired) electrons. The van der Waals surface area contributed by atoms with Gasteiger partial charge in [0.2, 0.25) is 0 Å². The van der Waals surface area contributed by atoms with Crippen molar-refractivity contribution in [1.82, 2.24) is 0 Å². The first-order valence-electron chi connectivity index (χ1n) is 18.4. The first kappa shape index (κ1) is 32.7. The van der Waals surface area contributed by atoms with Crippen molar-refractivity contribution in [3.63, 3.8) is 0 Å². The average molecular weight is 691 g/mol. The number of rotatable bonds is 10. The predicted molar refractivity (Wildman–Crippen MR) is 233 cm³/mol. The number of nitrogens with one attached hydrogen (secondary N) is 1. The largest absolute Gasteiger partial charge is 0.361 e. The van der Waals surface area contributed by atoms with Crippen LogP contribution in [0.3, 0.4) is 0 Å². The topological polar surface area (TPSA) is 15.3 Å². The van der Waals surface area contributed by atoms with Gasteiger partial charge in [0, 0.05) is 34.0 Å². The van der Waals surface area contributed by atoms with E-state index in [0.29, 0.717) is 0 Å². The number of nitrogens with zero attached hydrogens (tertiary/aromatic N) is 1. The van der Waals surface area contributed by atoms with E-state index < -0.39 is 0 Å². The minimum atomic E-state index is 1.08. The van der Waals surface area contributed by atoms with Crippen LogP contribution in [-0.2, 0) is 0 Å². The Labute approximate surface area is 316 Å². The van der Waals surface area contributed by atoms with Gasteiger partial charge in [-0.05, 0) is 91.8 Å². The molecule has 0 aliphatic rings. The lowest BCUT2D eigenvalue weighted by atomic mass is 9.92. The minimum absolute atomic E-state index is 1.08. The van der Waals surface area contributed by atoms with E-state index in [2.05, 4.69) is 217 Å². The Morgan fingerprint density at radius 1 is 0.370 bits per heavy atom. The van der Waals surface area contributed by atoms with Crippen molar-refractivity contribution in [2.75, 3.05) is 10.2 Å². The maximum absolute atomic E-state index is 3.57. The third-order valence-electron chi connectivity index (χ3n) is 10.1. The average Bonchev–Trinajstić information content (AvgIpc) is 3.25. The minimum Gasteiger partial charge on any atom is -0.361 e. The van der Waals surface area contributed by atoms with E-state index in [0.717, 1.165) is 22.7 Å². The zero-order valence-corrected chi connectivity index (χ0v) is 29.8. The van der Waals surface area contributed by atoms with Crippen LogP contribution in [-0.4, -0.2) is 0 Å². The number of para-hydroxylation sites is 1. The molecule has 0 heterocycles. The molecule has 0 amide bonds. The quantitative estimate of drug-likeness (QED) is 0.113. The number of hydrogen-bond acceptors (Lipinski definition) is 2. The highest BCUT2D eigenvalue weighted by Gasteiger charge is 2.19. The van der Waals surface area contributed by atoms with E-state index in [1.165, 1.54) is 60.1 Å².